The lowest BCUT2D eigenvalue weighted by atomic mass is 10.0. The fourth-order valence-electron chi connectivity index (χ4n) is 5.98. The molecule has 0 heterocycles. The molecule has 0 saturated carbocycles. The Balaban J connectivity index is 3.37. The Hall–Kier alpha value is -1.10. The first-order valence-electron chi connectivity index (χ1n) is 19.9. The van der Waals surface area contributed by atoms with E-state index in [0.29, 0.717) is 12.8 Å². The van der Waals surface area contributed by atoms with Crippen LogP contribution < -0.4 is 0 Å². The summed E-state index contributed by atoms with van der Waals surface area (Å²) in [6, 6.07) is 0. The van der Waals surface area contributed by atoms with Crippen molar-refractivity contribution >= 4 is 11.9 Å². The molecule has 0 spiro atoms. The monoisotopic (exact) mass is 639 g/mol. The van der Waals surface area contributed by atoms with E-state index >= 15 is 0 Å². The second kappa shape index (κ2) is 35.7. The van der Waals surface area contributed by atoms with Gasteiger partial charge in [0.25, 0.3) is 0 Å². The largest absolute Gasteiger partial charge is 0.463 e. The smallest absolute Gasteiger partial charge is 0.305 e. The predicted octanol–water partition coefficient (Wildman–Crippen LogP) is 12.2. The molecule has 0 unspecified atom stereocenters. The third-order valence-corrected chi connectivity index (χ3v) is 9.02. The summed E-state index contributed by atoms with van der Waals surface area (Å²) in [5.74, 6) is 0.285. The van der Waals surface area contributed by atoms with Crippen molar-refractivity contribution in [3.05, 3.63) is 0 Å². The van der Waals surface area contributed by atoms with E-state index < -0.39 is 6.10 Å². The minimum atomic E-state index is -0.955. The molecular formula is C40H78O5. The van der Waals surface area contributed by atoms with Gasteiger partial charge in [-0.1, -0.05) is 194 Å². The highest BCUT2D eigenvalue weighted by Gasteiger charge is 2.12. The number of esters is 2. The molecule has 0 bridgehead atoms. The number of ether oxygens (including phenoxy) is 2. The Morgan fingerprint density at radius 1 is 0.444 bits per heavy atom. The molecule has 268 valence electrons. The van der Waals surface area contributed by atoms with Gasteiger partial charge in [0.15, 0.2) is 0 Å². The van der Waals surface area contributed by atoms with Crippen molar-refractivity contribution in [3.8, 4) is 0 Å². The van der Waals surface area contributed by atoms with Crippen LogP contribution in [0.15, 0.2) is 0 Å². The second-order valence-electron chi connectivity index (χ2n) is 14.2. The van der Waals surface area contributed by atoms with Crippen LogP contribution in [0, 0.1) is 5.92 Å². The van der Waals surface area contributed by atoms with Crippen LogP contribution in [0.5, 0.6) is 0 Å². The van der Waals surface area contributed by atoms with Gasteiger partial charge in [-0.3, -0.25) is 9.59 Å². The SMILES string of the molecule is CCCCCCCCCCCCCCCCCCCC(=O)OC[C@@H](O)COC(=O)CCCCCCCCCCCCCC(C)C. The maximum Gasteiger partial charge on any atom is 0.305 e. The average Bonchev–Trinajstić information content (AvgIpc) is 3.02. The summed E-state index contributed by atoms with van der Waals surface area (Å²) in [6.07, 6.45) is 37.3. The Morgan fingerprint density at radius 3 is 1.00 bits per heavy atom. The molecule has 0 aliphatic carbocycles. The highest BCUT2D eigenvalue weighted by atomic mass is 16.6. The fourth-order valence-corrected chi connectivity index (χ4v) is 5.98. The summed E-state index contributed by atoms with van der Waals surface area (Å²) in [4.78, 5) is 23.9. The molecule has 0 aliphatic rings. The van der Waals surface area contributed by atoms with Gasteiger partial charge in [-0.05, 0) is 18.8 Å². The molecule has 0 saturated heterocycles. The molecule has 0 aromatic carbocycles. The summed E-state index contributed by atoms with van der Waals surface area (Å²) < 4.78 is 10.3. The standard InChI is InChI=1S/C40H78O5/c1-4-5-6-7-8-9-10-11-12-13-14-15-18-21-24-27-30-33-39(42)44-35-38(41)36-45-40(43)34-31-28-25-22-19-16-17-20-23-26-29-32-37(2)3/h37-38,41H,4-36H2,1-3H3/t38-/m1/s1. The number of rotatable bonds is 36. The molecule has 5 nitrogen and oxygen atoms in total. The number of carbonyl (C=O) groups is 2. The van der Waals surface area contributed by atoms with Crippen LogP contribution in [0.3, 0.4) is 0 Å². The molecule has 1 atom stereocenters. The lowest BCUT2D eigenvalue weighted by Crippen LogP contribution is -2.25. The lowest BCUT2D eigenvalue weighted by molar-refractivity contribution is -0.152. The van der Waals surface area contributed by atoms with Crippen LogP contribution in [-0.4, -0.2) is 36.4 Å². The number of hydrogen-bond acceptors (Lipinski definition) is 5. The molecule has 0 radical (unpaired) electrons. The van der Waals surface area contributed by atoms with Crippen LogP contribution in [0.25, 0.3) is 0 Å². The number of aliphatic hydroxyl groups excluding tert-OH is 1. The van der Waals surface area contributed by atoms with E-state index in [9.17, 15) is 14.7 Å². The summed E-state index contributed by atoms with van der Waals surface area (Å²) in [6.45, 7) is 6.67. The first kappa shape index (κ1) is 43.9. The van der Waals surface area contributed by atoms with Gasteiger partial charge in [-0.15, -0.1) is 0 Å². The highest BCUT2D eigenvalue weighted by Crippen LogP contribution is 2.16. The Bertz CT molecular complexity index is 620. The highest BCUT2D eigenvalue weighted by molar-refractivity contribution is 5.69. The Morgan fingerprint density at radius 2 is 0.711 bits per heavy atom. The number of carbonyl (C=O) groups excluding carboxylic acids is 2. The first-order chi connectivity index (χ1) is 22.0. The predicted molar refractivity (Wildman–Crippen MR) is 192 cm³/mol. The van der Waals surface area contributed by atoms with Crippen molar-refractivity contribution in [2.45, 2.75) is 226 Å². The minimum Gasteiger partial charge on any atom is -0.463 e. The maximum absolute atomic E-state index is 12.0. The zero-order valence-corrected chi connectivity index (χ0v) is 30.6. The van der Waals surface area contributed by atoms with Gasteiger partial charge in [-0.25, -0.2) is 0 Å². The molecule has 5 heteroatoms. The topological polar surface area (TPSA) is 72.8 Å². The summed E-state index contributed by atoms with van der Waals surface area (Å²) in [7, 11) is 0. The number of hydrogen-bond donors (Lipinski definition) is 1. The molecule has 0 aromatic heterocycles. The van der Waals surface area contributed by atoms with E-state index in [1.165, 1.54) is 161 Å². The summed E-state index contributed by atoms with van der Waals surface area (Å²) in [5.41, 5.74) is 0. The van der Waals surface area contributed by atoms with E-state index in [0.717, 1.165) is 31.6 Å². The zero-order chi connectivity index (χ0) is 33.1. The molecule has 0 aromatic rings. The molecular weight excluding hydrogens is 560 g/mol. The third kappa shape index (κ3) is 37.2. The molecule has 45 heavy (non-hydrogen) atoms. The van der Waals surface area contributed by atoms with Gasteiger partial charge in [0.2, 0.25) is 0 Å². The van der Waals surface area contributed by atoms with Gasteiger partial charge in [-0.2, -0.15) is 0 Å². The fraction of sp³-hybridized carbons (Fsp3) is 0.950. The van der Waals surface area contributed by atoms with E-state index in [2.05, 4.69) is 20.8 Å². The van der Waals surface area contributed by atoms with Gasteiger partial charge in [0.1, 0.15) is 19.3 Å². The van der Waals surface area contributed by atoms with Gasteiger partial charge in [0.05, 0.1) is 0 Å². The molecule has 0 rings (SSSR count). The first-order valence-corrected chi connectivity index (χ1v) is 19.9. The van der Waals surface area contributed by atoms with Crippen molar-refractivity contribution in [2.24, 2.45) is 5.92 Å². The van der Waals surface area contributed by atoms with Gasteiger partial charge >= 0.3 is 11.9 Å². The van der Waals surface area contributed by atoms with Crippen LogP contribution in [0.4, 0.5) is 0 Å². The van der Waals surface area contributed by atoms with Crippen molar-refractivity contribution in [1.29, 1.82) is 0 Å². The van der Waals surface area contributed by atoms with Crippen LogP contribution in [-0.2, 0) is 19.1 Å². The van der Waals surface area contributed by atoms with Gasteiger partial charge < -0.3 is 14.6 Å². The average molecular weight is 639 g/mol. The van der Waals surface area contributed by atoms with Crippen LogP contribution >= 0.6 is 0 Å². The molecule has 0 aliphatic heterocycles. The Kier molecular flexibility index (Phi) is 34.9. The van der Waals surface area contributed by atoms with Crippen molar-refractivity contribution in [2.75, 3.05) is 13.2 Å². The van der Waals surface area contributed by atoms with Gasteiger partial charge in [0, 0.05) is 12.8 Å². The number of unbranched alkanes of at least 4 members (excludes halogenated alkanes) is 26. The van der Waals surface area contributed by atoms with Crippen molar-refractivity contribution in [3.63, 3.8) is 0 Å². The van der Waals surface area contributed by atoms with Crippen LogP contribution in [0.1, 0.15) is 220 Å². The van der Waals surface area contributed by atoms with E-state index in [4.69, 9.17) is 9.47 Å². The van der Waals surface area contributed by atoms with Crippen molar-refractivity contribution in [1.82, 2.24) is 0 Å². The number of aliphatic hydroxyl groups is 1. The Labute approximate surface area is 280 Å². The van der Waals surface area contributed by atoms with Crippen molar-refractivity contribution < 1.29 is 24.2 Å². The minimum absolute atomic E-state index is 0.108. The molecule has 0 fully saturated rings. The summed E-state index contributed by atoms with van der Waals surface area (Å²) >= 11 is 0. The third-order valence-electron chi connectivity index (χ3n) is 9.02. The lowest BCUT2D eigenvalue weighted by Gasteiger charge is -2.12. The van der Waals surface area contributed by atoms with E-state index in [1.807, 2.05) is 0 Å². The molecule has 1 N–H and O–H groups in total. The zero-order valence-electron chi connectivity index (χ0n) is 30.6. The second-order valence-corrected chi connectivity index (χ2v) is 14.2. The van der Waals surface area contributed by atoms with E-state index in [-0.39, 0.29) is 25.2 Å². The maximum atomic E-state index is 12.0. The van der Waals surface area contributed by atoms with Crippen LogP contribution in [0.2, 0.25) is 0 Å². The van der Waals surface area contributed by atoms with E-state index in [1.54, 1.807) is 0 Å². The quantitative estimate of drug-likeness (QED) is 0.0546. The molecule has 0 amide bonds. The summed E-state index contributed by atoms with van der Waals surface area (Å²) in [5, 5.41) is 10.0. The normalized spacial score (nSPS) is 12.1.